The monoisotopic (exact) mass is 428 g/mol. The van der Waals surface area contributed by atoms with E-state index in [0.29, 0.717) is 44.0 Å². The van der Waals surface area contributed by atoms with Crippen LogP contribution in [0.5, 0.6) is 0 Å². The summed E-state index contributed by atoms with van der Waals surface area (Å²) in [5, 5.41) is 0. The van der Waals surface area contributed by atoms with Crippen LogP contribution in [0.1, 0.15) is 59.5 Å². The Balaban J connectivity index is 2.03. The van der Waals surface area contributed by atoms with E-state index in [1.54, 1.807) is 24.3 Å². The van der Waals surface area contributed by atoms with E-state index in [4.69, 9.17) is 18.9 Å². The number of ether oxygens (including phenoxy) is 4. The molecule has 0 unspecified atom stereocenters. The lowest BCUT2D eigenvalue weighted by Crippen LogP contribution is -2.27. The maximum atomic E-state index is 12.5. The molecule has 0 aliphatic rings. The molecule has 0 fully saturated rings. The zero-order valence-corrected chi connectivity index (χ0v) is 18.8. The quantitative estimate of drug-likeness (QED) is 0.327. The van der Waals surface area contributed by atoms with Crippen LogP contribution < -0.4 is 0 Å². The largest absolute Gasteiger partial charge is 0.346 e. The fourth-order valence-electron chi connectivity index (χ4n) is 3.09. The van der Waals surface area contributed by atoms with E-state index >= 15 is 0 Å². The first-order valence-corrected chi connectivity index (χ1v) is 10.8. The first-order chi connectivity index (χ1) is 15.0. The van der Waals surface area contributed by atoms with Crippen LogP contribution in [0, 0.1) is 0 Å². The van der Waals surface area contributed by atoms with E-state index in [1.165, 1.54) is 0 Å². The molecule has 2 aromatic rings. The Hall–Kier alpha value is -2.38. The molecule has 0 saturated heterocycles. The van der Waals surface area contributed by atoms with Gasteiger partial charge in [-0.15, -0.1) is 0 Å². The molecular formula is C25H32O6. The maximum Gasteiger partial charge on any atom is 0.222 e. The van der Waals surface area contributed by atoms with E-state index in [1.807, 2.05) is 52.0 Å². The molecule has 0 bridgehead atoms. The second-order valence-electron chi connectivity index (χ2n) is 6.78. The topological polar surface area (TPSA) is 71.1 Å². The number of carbonyl (C=O) groups excluding carboxylic acids is 2. The molecule has 0 atom stereocenters. The number of hydrogen-bond acceptors (Lipinski definition) is 6. The van der Waals surface area contributed by atoms with Crippen molar-refractivity contribution in [2.24, 2.45) is 0 Å². The summed E-state index contributed by atoms with van der Waals surface area (Å²) in [6.45, 7) is 8.94. The summed E-state index contributed by atoms with van der Waals surface area (Å²) < 4.78 is 21.5. The Labute approximate surface area is 184 Å². The number of Topliss-reactive ketones (excluding diaryl/α,β-unsaturated/α-hetero) is 2. The van der Waals surface area contributed by atoms with Crippen molar-refractivity contribution in [2.45, 2.75) is 46.7 Å². The van der Waals surface area contributed by atoms with Gasteiger partial charge in [0.25, 0.3) is 0 Å². The minimum Gasteiger partial charge on any atom is -0.346 e. The zero-order chi connectivity index (χ0) is 22.6. The van der Waals surface area contributed by atoms with Crippen LogP contribution in [0.25, 0.3) is 0 Å². The van der Waals surface area contributed by atoms with E-state index in [-0.39, 0.29) is 11.6 Å². The van der Waals surface area contributed by atoms with Gasteiger partial charge in [0.1, 0.15) is 0 Å². The predicted octanol–water partition coefficient (Wildman–Crippen LogP) is 4.44. The van der Waals surface area contributed by atoms with Crippen molar-refractivity contribution in [1.82, 2.24) is 0 Å². The summed E-state index contributed by atoms with van der Waals surface area (Å²) in [5.41, 5.74) is 3.21. The lowest BCUT2D eigenvalue weighted by Gasteiger charge is -2.16. The summed E-state index contributed by atoms with van der Waals surface area (Å²) in [6.07, 6.45) is -1.06. The van der Waals surface area contributed by atoms with Crippen molar-refractivity contribution < 1.29 is 28.5 Å². The first-order valence-electron chi connectivity index (χ1n) is 10.8. The Kier molecular flexibility index (Phi) is 10.5. The third-order valence-corrected chi connectivity index (χ3v) is 4.59. The van der Waals surface area contributed by atoms with E-state index in [0.717, 1.165) is 11.1 Å². The van der Waals surface area contributed by atoms with Crippen LogP contribution in [0.2, 0.25) is 0 Å². The minimum atomic E-state index is -0.872. The van der Waals surface area contributed by atoms with E-state index in [2.05, 4.69) is 0 Å². The molecular weight excluding hydrogens is 396 g/mol. The van der Waals surface area contributed by atoms with Gasteiger partial charge in [-0.3, -0.25) is 9.59 Å². The summed E-state index contributed by atoms with van der Waals surface area (Å²) >= 11 is 0. The summed E-state index contributed by atoms with van der Waals surface area (Å²) in [5.74, 6) is -0.368. The lowest BCUT2D eigenvalue weighted by atomic mass is 10.0. The average Bonchev–Trinajstić information content (AvgIpc) is 2.79. The van der Waals surface area contributed by atoms with Crippen LogP contribution in [0.3, 0.4) is 0 Å². The predicted molar refractivity (Wildman–Crippen MR) is 118 cm³/mol. The highest BCUT2D eigenvalue weighted by atomic mass is 16.7. The van der Waals surface area contributed by atoms with Crippen molar-refractivity contribution in [1.29, 1.82) is 0 Å². The van der Waals surface area contributed by atoms with Crippen molar-refractivity contribution >= 4 is 11.6 Å². The summed E-state index contributed by atoms with van der Waals surface area (Å²) in [7, 11) is 0. The van der Waals surface area contributed by atoms with Crippen LogP contribution in [-0.4, -0.2) is 50.6 Å². The summed E-state index contributed by atoms with van der Waals surface area (Å²) in [4.78, 5) is 25.1. The molecule has 0 radical (unpaired) electrons. The van der Waals surface area contributed by atoms with Gasteiger partial charge in [-0.2, -0.15) is 0 Å². The fraction of sp³-hybridized carbons (Fsp3) is 0.440. The summed E-state index contributed by atoms with van der Waals surface area (Å²) in [6, 6.07) is 14.8. The molecule has 0 N–H and O–H groups in total. The van der Waals surface area contributed by atoms with Gasteiger partial charge in [0.2, 0.25) is 24.1 Å². The Morgan fingerprint density at radius 3 is 1.13 bits per heavy atom. The number of hydrogen-bond donors (Lipinski definition) is 0. The highest BCUT2D eigenvalue weighted by Crippen LogP contribution is 2.16. The fourth-order valence-corrected chi connectivity index (χ4v) is 3.09. The van der Waals surface area contributed by atoms with Gasteiger partial charge in [-0.1, -0.05) is 48.5 Å². The Morgan fingerprint density at radius 1 is 0.581 bits per heavy atom. The second-order valence-corrected chi connectivity index (χ2v) is 6.78. The van der Waals surface area contributed by atoms with Gasteiger partial charge in [0.05, 0.1) is 0 Å². The third kappa shape index (κ3) is 7.36. The molecule has 0 aromatic heterocycles. The lowest BCUT2D eigenvalue weighted by molar-refractivity contribution is -0.107. The SMILES string of the molecule is CCOC(OCC)C(=O)c1ccc(Cc2ccc(C(=O)C(OCC)OCC)cc2)cc1. The molecule has 6 heteroatoms. The molecule has 2 rings (SSSR count). The Bertz CT molecular complexity index is 731. The highest BCUT2D eigenvalue weighted by molar-refractivity contribution is 5.99. The van der Waals surface area contributed by atoms with Gasteiger partial charge in [0.15, 0.2) is 0 Å². The van der Waals surface area contributed by atoms with Gasteiger partial charge in [-0.05, 0) is 45.2 Å². The molecule has 0 amide bonds. The highest BCUT2D eigenvalue weighted by Gasteiger charge is 2.21. The third-order valence-electron chi connectivity index (χ3n) is 4.59. The van der Waals surface area contributed by atoms with E-state index < -0.39 is 12.6 Å². The van der Waals surface area contributed by atoms with Crippen molar-refractivity contribution in [3.63, 3.8) is 0 Å². The molecule has 31 heavy (non-hydrogen) atoms. The second kappa shape index (κ2) is 13.1. The number of ketones is 2. The van der Waals surface area contributed by atoms with E-state index in [9.17, 15) is 9.59 Å². The smallest absolute Gasteiger partial charge is 0.222 e. The maximum absolute atomic E-state index is 12.5. The molecule has 0 spiro atoms. The van der Waals surface area contributed by atoms with Gasteiger partial charge < -0.3 is 18.9 Å². The van der Waals surface area contributed by atoms with Crippen molar-refractivity contribution in [3.05, 3.63) is 70.8 Å². The number of carbonyl (C=O) groups is 2. The molecule has 0 saturated carbocycles. The molecule has 0 aliphatic heterocycles. The standard InChI is InChI=1S/C25H32O6/c1-5-28-24(29-6-2)22(26)20-13-9-18(10-14-20)17-19-11-15-21(16-12-19)23(27)25(30-7-3)31-8-4/h9-16,24-25H,5-8,17H2,1-4H3. The van der Waals surface area contributed by atoms with Gasteiger partial charge >= 0.3 is 0 Å². The van der Waals surface area contributed by atoms with Gasteiger partial charge in [0, 0.05) is 37.6 Å². The molecule has 168 valence electrons. The van der Waals surface area contributed by atoms with Crippen LogP contribution in [0.4, 0.5) is 0 Å². The van der Waals surface area contributed by atoms with Crippen molar-refractivity contribution in [2.75, 3.05) is 26.4 Å². The normalized spacial score (nSPS) is 11.3. The Morgan fingerprint density at radius 2 is 0.871 bits per heavy atom. The van der Waals surface area contributed by atoms with Crippen LogP contribution in [0.15, 0.2) is 48.5 Å². The number of rotatable bonds is 14. The minimum absolute atomic E-state index is 0.184. The zero-order valence-electron chi connectivity index (χ0n) is 18.8. The average molecular weight is 429 g/mol. The molecule has 0 heterocycles. The van der Waals surface area contributed by atoms with Crippen LogP contribution in [-0.2, 0) is 25.4 Å². The van der Waals surface area contributed by atoms with Gasteiger partial charge in [-0.25, -0.2) is 0 Å². The first kappa shape index (κ1) is 24.9. The molecule has 0 aliphatic carbocycles. The molecule has 2 aromatic carbocycles. The number of benzene rings is 2. The van der Waals surface area contributed by atoms with Crippen molar-refractivity contribution in [3.8, 4) is 0 Å². The molecule has 6 nitrogen and oxygen atoms in total. The van der Waals surface area contributed by atoms with Crippen LogP contribution >= 0.6 is 0 Å².